The summed E-state index contributed by atoms with van der Waals surface area (Å²) in [6.45, 7) is 6.55. The van der Waals surface area contributed by atoms with Gasteiger partial charge in [0.15, 0.2) is 6.54 Å². The molecule has 4 nitrogen and oxygen atoms in total. The molecule has 1 aliphatic heterocycles. The first kappa shape index (κ1) is 16.8. The van der Waals surface area contributed by atoms with Crippen LogP contribution in [0.5, 0.6) is 0 Å². The van der Waals surface area contributed by atoms with Crippen molar-refractivity contribution in [3.8, 4) is 0 Å². The van der Waals surface area contributed by atoms with Crippen molar-refractivity contribution in [3.05, 3.63) is 0 Å². The van der Waals surface area contributed by atoms with Gasteiger partial charge in [0.05, 0.1) is 13.1 Å². The van der Waals surface area contributed by atoms with Gasteiger partial charge in [-0.3, -0.25) is 4.79 Å². The first-order chi connectivity index (χ1) is 10.3. The summed E-state index contributed by atoms with van der Waals surface area (Å²) in [6.07, 6.45) is 11.7. The van der Waals surface area contributed by atoms with E-state index in [-0.39, 0.29) is 5.91 Å². The Morgan fingerprint density at radius 3 is 2.52 bits per heavy atom. The van der Waals surface area contributed by atoms with Crippen molar-refractivity contribution >= 4 is 5.91 Å². The third-order valence-corrected chi connectivity index (χ3v) is 5.33. The molecule has 1 unspecified atom stereocenters. The zero-order valence-corrected chi connectivity index (χ0v) is 13.8. The molecule has 2 rings (SSSR count). The number of likely N-dealkylation sites (tertiary alicyclic amines) is 1. The van der Waals surface area contributed by atoms with Crippen molar-refractivity contribution in [2.24, 2.45) is 0 Å². The van der Waals surface area contributed by atoms with E-state index in [1.54, 1.807) is 4.90 Å². The smallest absolute Gasteiger partial charge is 0.275 e. The molecule has 4 N–H and O–H groups in total. The molecule has 0 aromatic rings. The van der Waals surface area contributed by atoms with E-state index in [0.717, 1.165) is 12.6 Å². The Bertz CT molecular complexity index is 300. The largest absolute Gasteiger partial charge is 0.348 e. The van der Waals surface area contributed by atoms with Gasteiger partial charge in [-0.25, -0.2) is 0 Å². The number of likely N-dealkylation sites (N-methyl/N-ethyl adjacent to an activating group) is 1. The van der Waals surface area contributed by atoms with Gasteiger partial charge < -0.3 is 15.5 Å². The number of carbonyl (C=O) groups is 1. The predicted octanol–water partition coefficient (Wildman–Crippen LogP) is -0.154. The Balaban J connectivity index is 1.60. The molecule has 1 aliphatic carbocycles. The maximum atomic E-state index is 12.1. The molecule has 2 aliphatic rings. The molecule has 0 spiro atoms. The molecule has 21 heavy (non-hydrogen) atoms. The average molecular weight is 297 g/mol. The molecule has 0 aromatic heterocycles. The van der Waals surface area contributed by atoms with E-state index in [0.29, 0.717) is 12.6 Å². The van der Waals surface area contributed by atoms with Gasteiger partial charge in [0, 0.05) is 18.9 Å². The first-order valence-corrected chi connectivity index (χ1v) is 9.25. The van der Waals surface area contributed by atoms with Gasteiger partial charge in [-0.1, -0.05) is 32.1 Å². The summed E-state index contributed by atoms with van der Waals surface area (Å²) in [7, 11) is 0. The Kier molecular flexibility index (Phi) is 7.51. The zero-order valence-electron chi connectivity index (χ0n) is 13.8. The normalized spacial score (nSPS) is 28.0. The van der Waals surface area contributed by atoms with Crippen molar-refractivity contribution < 1.29 is 15.0 Å². The molecule has 0 bridgehead atoms. The van der Waals surface area contributed by atoms with Crippen LogP contribution in [-0.2, 0) is 4.79 Å². The van der Waals surface area contributed by atoms with Gasteiger partial charge in [0.1, 0.15) is 12.6 Å². The van der Waals surface area contributed by atoms with E-state index < -0.39 is 0 Å². The summed E-state index contributed by atoms with van der Waals surface area (Å²) in [5.41, 5.74) is 0. The molecule has 1 saturated carbocycles. The number of hydrogen-bond donors (Lipinski definition) is 3. The zero-order chi connectivity index (χ0) is 14.9. The van der Waals surface area contributed by atoms with Crippen LogP contribution in [0.3, 0.4) is 0 Å². The minimum absolute atomic E-state index is 0.247. The number of carbonyl (C=O) groups excluding carboxylic acids is 1. The van der Waals surface area contributed by atoms with Crippen molar-refractivity contribution in [3.63, 3.8) is 0 Å². The fourth-order valence-electron chi connectivity index (χ4n) is 4.04. The fraction of sp³-hybridized carbons (Fsp3) is 0.941. The molecule has 0 radical (unpaired) electrons. The van der Waals surface area contributed by atoms with Gasteiger partial charge >= 0.3 is 0 Å². The topological polar surface area (TPSA) is 50.2 Å². The Hall–Kier alpha value is -0.610. The fourth-order valence-corrected chi connectivity index (χ4v) is 4.04. The van der Waals surface area contributed by atoms with Crippen LogP contribution in [0, 0.1) is 0 Å². The van der Waals surface area contributed by atoms with Crippen LogP contribution in [0.4, 0.5) is 0 Å². The summed E-state index contributed by atoms with van der Waals surface area (Å²) in [5, 5.41) is 5.49. The van der Waals surface area contributed by atoms with Gasteiger partial charge in [-0.15, -0.1) is 0 Å². The number of hydrogen-bond acceptors (Lipinski definition) is 1. The summed E-state index contributed by atoms with van der Waals surface area (Å²) >= 11 is 0. The van der Waals surface area contributed by atoms with E-state index in [1.165, 1.54) is 70.9 Å². The van der Waals surface area contributed by atoms with Crippen molar-refractivity contribution in [1.82, 2.24) is 5.32 Å². The predicted molar refractivity (Wildman–Crippen MR) is 85.3 cm³/mol. The third kappa shape index (κ3) is 5.95. The van der Waals surface area contributed by atoms with Crippen LogP contribution in [0.2, 0.25) is 0 Å². The van der Waals surface area contributed by atoms with Gasteiger partial charge in [0.2, 0.25) is 0 Å². The monoisotopic (exact) mass is 297 g/mol. The minimum Gasteiger partial charge on any atom is -0.348 e. The molecule has 1 heterocycles. The summed E-state index contributed by atoms with van der Waals surface area (Å²) in [6, 6.07) is 1.21. The Morgan fingerprint density at radius 1 is 1.10 bits per heavy atom. The number of quaternary nitrogens is 2. The molecule has 1 amide bonds. The summed E-state index contributed by atoms with van der Waals surface area (Å²) < 4.78 is 0. The highest BCUT2D eigenvalue weighted by atomic mass is 16.1. The number of nitrogens with one attached hydrogen (secondary N) is 2. The highest BCUT2D eigenvalue weighted by Gasteiger charge is 2.28. The van der Waals surface area contributed by atoms with Crippen LogP contribution < -0.4 is 15.5 Å². The van der Waals surface area contributed by atoms with E-state index in [1.807, 2.05) is 0 Å². The van der Waals surface area contributed by atoms with E-state index in [4.69, 9.17) is 0 Å². The molecule has 0 aromatic carbocycles. The SMILES string of the molecule is CC[NH+]1CCC[C@H]1C[NH2+]CC(=O)NC1CCCCCCC1. The van der Waals surface area contributed by atoms with E-state index in [9.17, 15) is 4.79 Å². The second-order valence-electron chi connectivity index (χ2n) is 6.94. The molecule has 2 atom stereocenters. The maximum absolute atomic E-state index is 12.1. The minimum atomic E-state index is 0.247. The molecule has 4 heteroatoms. The lowest BCUT2D eigenvalue weighted by molar-refractivity contribution is -0.923. The molecule has 1 saturated heterocycles. The van der Waals surface area contributed by atoms with E-state index in [2.05, 4.69) is 17.6 Å². The lowest BCUT2D eigenvalue weighted by Crippen LogP contribution is -3.16. The van der Waals surface area contributed by atoms with Crippen LogP contribution in [0.1, 0.15) is 64.7 Å². The van der Waals surface area contributed by atoms with Crippen LogP contribution in [0.25, 0.3) is 0 Å². The second kappa shape index (κ2) is 9.42. The lowest BCUT2D eigenvalue weighted by atomic mass is 9.97. The maximum Gasteiger partial charge on any atom is 0.275 e. The van der Waals surface area contributed by atoms with Crippen LogP contribution in [-0.4, -0.2) is 44.2 Å². The van der Waals surface area contributed by atoms with Crippen LogP contribution >= 0.6 is 0 Å². The number of nitrogens with two attached hydrogens (primary N) is 1. The van der Waals surface area contributed by atoms with Gasteiger partial charge in [0.25, 0.3) is 5.91 Å². The number of rotatable bonds is 6. The quantitative estimate of drug-likeness (QED) is 0.627. The highest BCUT2D eigenvalue weighted by molar-refractivity contribution is 5.77. The summed E-state index contributed by atoms with van der Waals surface area (Å²) in [5.74, 6) is 0.247. The standard InChI is InChI=1S/C17H33N3O/c1-2-20-12-8-11-16(20)13-18-14-17(21)19-15-9-6-4-3-5-7-10-15/h15-16,18H,2-14H2,1H3,(H,19,21)/p+2/t16-/m0/s1. The molecular formula is C17H35N3O+2. The van der Waals surface area contributed by atoms with Gasteiger partial charge in [-0.2, -0.15) is 0 Å². The first-order valence-electron chi connectivity index (χ1n) is 9.25. The van der Waals surface area contributed by atoms with E-state index >= 15 is 0 Å². The van der Waals surface area contributed by atoms with Gasteiger partial charge in [-0.05, 0) is 19.8 Å². The summed E-state index contributed by atoms with van der Waals surface area (Å²) in [4.78, 5) is 13.8. The number of amides is 1. The Morgan fingerprint density at radius 2 is 1.81 bits per heavy atom. The van der Waals surface area contributed by atoms with Crippen LogP contribution in [0.15, 0.2) is 0 Å². The third-order valence-electron chi connectivity index (χ3n) is 5.33. The highest BCUT2D eigenvalue weighted by Crippen LogP contribution is 2.16. The molecule has 122 valence electrons. The molecular weight excluding hydrogens is 262 g/mol. The second-order valence-corrected chi connectivity index (χ2v) is 6.94. The lowest BCUT2D eigenvalue weighted by Gasteiger charge is -2.21. The van der Waals surface area contributed by atoms with Crippen molar-refractivity contribution in [2.45, 2.75) is 76.8 Å². The van der Waals surface area contributed by atoms with Crippen molar-refractivity contribution in [2.75, 3.05) is 26.2 Å². The Labute approximate surface area is 130 Å². The average Bonchev–Trinajstić information content (AvgIpc) is 2.89. The molecule has 2 fully saturated rings. The van der Waals surface area contributed by atoms with Crippen molar-refractivity contribution in [1.29, 1.82) is 0 Å².